The summed E-state index contributed by atoms with van der Waals surface area (Å²) >= 11 is 0. The molecule has 0 aromatic heterocycles. The third kappa shape index (κ3) is 4.38. The Morgan fingerprint density at radius 2 is 2.04 bits per heavy atom. The Balaban J connectivity index is 1.82. The lowest BCUT2D eigenvalue weighted by atomic mass is 9.94. The normalized spacial score (nSPS) is 18.9. The number of fused-ring (bicyclic) bond motifs is 1. The Bertz CT molecular complexity index is 517. The van der Waals surface area contributed by atoms with Crippen molar-refractivity contribution in [1.29, 1.82) is 0 Å². The number of carbonyl (C=O) groups is 1. The maximum absolute atomic E-state index is 12.1. The zero-order chi connectivity index (χ0) is 16.8. The molecule has 23 heavy (non-hydrogen) atoms. The van der Waals surface area contributed by atoms with Crippen LogP contribution in [-0.4, -0.2) is 36.4 Å². The molecule has 1 aliphatic rings. The molecule has 0 spiro atoms. The second kappa shape index (κ2) is 8.20. The van der Waals surface area contributed by atoms with Crippen molar-refractivity contribution in [2.45, 2.75) is 51.7 Å². The van der Waals surface area contributed by atoms with Gasteiger partial charge in [0.2, 0.25) is 0 Å². The fourth-order valence-electron chi connectivity index (χ4n) is 3.16. The van der Waals surface area contributed by atoms with Gasteiger partial charge in [0.15, 0.2) is 0 Å². The van der Waals surface area contributed by atoms with E-state index < -0.39 is 6.10 Å². The summed E-state index contributed by atoms with van der Waals surface area (Å²) in [5.41, 5.74) is 1.14. The Morgan fingerprint density at radius 3 is 2.74 bits per heavy atom. The van der Waals surface area contributed by atoms with Gasteiger partial charge in [0.25, 0.3) is 0 Å². The van der Waals surface area contributed by atoms with Gasteiger partial charge in [-0.2, -0.15) is 0 Å². The van der Waals surface area contributed by atoms with Crippen LogP contribution in [0.1, 0.15) is 45.1 Å². The highest BCUT2D eigenvalue weighted by molar-refractivity contribution is 5.74. The van der Waals surface area contributed by atoms with E-state index >= 15 is 0 Å². The van der Waals surface area contributed by atoms with Crippen LogP contribution >= 0.6 is 0 Å². The minimum Gasteiger partial charge on any atom is -0.493 e. The molecule has 1 aromatic rings. The Kier molecular flexibility index (Phi) is 6.28. The number of ether oxygens (including phenoxy) is 1. The molecule has 1 aromatic carbocycles. The minimum absolute atomic E-state index is 0.0380. The van der Waals surface area contributed by atoms with Crippen molar-refractivity contribution in [2.24, 2.45) is 5.92 Å². The lowest BCUT2D eigenvalue weighted by Crippen LogP contribution is -2.46. The van der Waals surface area contributed by atoms with Crippen LogP contribution in [0.5, 0.6) is 5.75 Å². The van der Waals surface area contributed by atoms with Crippen LogP contribution in [0.25, 0.3) is 0 Å². The topological polar surface area (TPSA) is 70.6 Å². The van der Waals surface area contributed by atoms with E-state index in [1.807, 2.05) is 31.2 Å². The van der Waals surface area contributed by atoms with Crippen molar-refractivity contribution in [3.05, 3.63) is 29.8 Å². The van der Waals surface area contributed by atoms with Gasteiger partial charge >= 0.3 is 6.03 Å². The molecule has 3 atom stereocenters. The number of para-hydroxylation sites is 1. The molecule has 2 amide bonds. The van der Waals surface area contributed by atoms with Crippen molar-refractivity contribution in [3.63, 3.8) is 0 Å². The molecule has 1 heterocycles. The molecule has 3 unspecified atom stereocenters. The van der Waals surface area contributed by atoms with Crippen LogP contribution in [0.2, 0.25) is 0 Å². The van der Waals surface area contributed by atoms with E-state index in [9.17, 15) is 9.90 Å². The van der Waals surface area contributed by atoms with Crippen molar-refractivity contribution in [3.8, 4) is 5.75 Å². The van der Waals surface area contributed by atoms with Gasteiger partial charge in [0.05, 0.1) is 12.7 Å². The molecule has 0 bridgehead atoms. The highest BCUT2D eigenvalue weighted by atomic mass is 16.5. The monoisotopic (exact) mass is 320 g/mol. The summed E-state index contributed by atoms with van der Waals surface area (Å²) in [5, 5.41) is 15.8. The predicted octanol–water partition coefficient (Wildman–Crippen LogP) is 2.65. The molecule has 0 aliphatic carbocycles. The lowest BCUT2D eigenvalue weighted by Gasteiger charge is -2.23. The molecular weight excluding hydrogens is 292 g/mol. The zero-order valence-corrected chi connectivity index (χ0v) is 14.2. The van der Waals surface area contributed by atoms with Crippen LogP contribution in [0.15, 0.2) is 24.3 Å². The van der Waals surface area contributed by atoms with Gasteiger partial charge in [-0.3, -0.25) is 0 Å². The van der Waals surface area contributed by atoms with Crippen LogP contribution in [0.4, 0.5) is 4.79 Å². The van der Waals surface area contributed by atoms with E-state index in [-0.39, 0.29) is 30.5 Å². The van der Waals surface area contributed by atoms with Gasteiger partial charge in [0.1, 0.15) is 5.75 Å². The predicted molar refractivity (Wildman–Crippen MR) is 90.8 cm³/mol. The minimum atomic E-state index is -0.499. The van der Waals surface area contributed by atoms with Crippen LogP contribution in [0.3, 0.4) is 0 Å². The van der Waals surface area contributed by atoms with Crippen molar-refractivity contribution in [2.75, 3.05) is 13.2 Å². The van der Waals surface area contributed by atoms with Crippen molar-refractivity contribution < 1.29 is 14.6 Å². The van der Waals surface area contributed by atoms with Gasteiger partial charge in [-0.1, -0.05) is 44.9 Å². The molecule has 1 aliphatic heterocycles. The Morgan fingerprint density at radius 1 is 1.35 bits per heavy atom. The summed E-state index contributed by atoms with van der Waals surface area (Å²) in [7, 11) is 0. The van der Waals surface area contributed by atoms with Crippen molar-refractivity contribution in [1.82, 2.24) is 10.6 Å². The zero-order valence-electron chi connectivity index (χ0n) is 14.2. The average molecular weight is 320 g/mol. The fourth-order valence-corrected chi connectivity index (χ4v) is 3.16. The van der Waals surface area contributed by atoms with Crippen LogP contribution < -0.4 is 15.4 Å². The molecule has 0 saturated heterocycles. The summed E-state index contributed by atoms with van der Waals surface area (Å²) in [4.78, 5) is 12.1. The number of urea groups is 1. The number of carbonyl (C=O) groups excluding carboxylic acids is 1. The number of hydrogen-bond acceptors (Lipinski definition) is 3. The van der Waals surface area contributed by atoms with Crippen LogP contribution in [0, 0.1) is 5.92 Å². The maximum atomic E-state index is 12.1. The van der Waals surface area contributed by atoms with E-state index in [4.69, 9.17) is 4.74 Å². The summed E-state index contributed by atoms with van der Waals surface area (Å²) < 4.78 is 5.66. The first-order valence-corrected chi connectivity index (χ1v) is 8.50. The molecule has 0 saturated carbocycles. The highest BCUT2D eigenvalue weighted by Gasteiger charge is 2.29. The summed E-state index contributed by atoms with van der Waals surface area (Å²) in [6.07, 6.45) is 1.32. The number of aliphatic hydroxyl groups is 1. The molecule has 3 N–H and O–H groups in total. The van der Waals surface area contributed by atoms with Gasteiger partial charge in [-0.25, -0.2) is 4.79 Å². The number of hydrogen-bond donors (Lipinski definition) is 3. The van der Waals surface area contributed by atoms with Crippen LogP contribution in [-0.2, 0) is 0 Å². The van der Waals surface area contributed by atoms with Gasteiger partial charge in [-0.05, 0) is 18.9 Å². The molecule has 0 radical (unpaired) electrons. The number of nitrogens with one attached hydrogen (secondary N) is 2. The number of aliphatic hydroxyl groups excluding tert-OH is 1. The summed E-state index contributed by atoms with van der Waals surface area (Å²) in [6, 6.07) is 7.65. The second-order valence-electron chi connectivity index (χ2n) is 6.24. The smallest absolute Gasteiger partial charge is 0.315 e. The molecule has 5 heteroatoms. The third-order valence-electron chi connectivity index (χ3n) is 4.76. The standard InChI is InChI=1S/C18H28N2O3/c1-4-13(5-2)16(21)10-19-18(22)20-12(3)15-11-23-17-9-7-6-8-14(15)17/h6-9,12-13,15-16,21H,4-5,10-11H2,1-3H3,(H2,19,20,22). The van der Waals surface area contributed by atoms with Gasteiger partial charge in [0, 0.05) is 24.1 Å². The molecule has 0 fully saturated rings. The first-order valence-electron chi connectivity index (χ1n) is 8.50. The van der Waals surface area contributed by atoms with E-state index in [1.54, 1.807) is 0 Å². The van der Waals surface area contributed by atoms with E-state index in [1.165, 1.54) is 0 Å². The summed E-state index contributed by atoms with van der Waals surface area (Å²) in [5.74, 6) is 1.28. The maximum Gasteiger partial charge on any atom is 0.315 e. The first-order chi connectivity index (χ1) is 11.1. The Labute approximate surface area is 138 Å². The third-order valence-corrected chi connectivity index (χ3v) is 4.76. The van der Waals surface area contributed by atoms with E-state index in [0.29, 0.717) is 6.61 Å². The quantitative estimate of drug-likeness (QED) is 0.723. The Hall–Kier alpha value is -1.75. The van der Waals surface area contributed by atoms with E-state index in [2.05, 4.69) is 24.5 Å². The number of rotatable bonds is 7. The molecular formula is C18H28N2O3. The van der Waals surface area contributed by atoms with Gasteiger partial charge < -0.3 is 20.5 Å². The SMILES string of the molecule is CCC(CC)C(O)CNC(=O)NC(C)C1COc2ccccc21. The highest BCUT2D eigenvalue weighted by Crippen LogP contribution is 2.35. The lowest BCUT2D eigenvalue weighted by molar-refractivity contribution is 0.103. The number of benzene rings is 1. The largest absolute Gasteiger partial charge is 0.493 e. The number of amides is 2. The average Bonchev–Trinajstić information content (AvgIpc) is 2.98. The summed E-state index contributed by atoms with van der Waals surface area (Å²) in [6.45, 7) is 6.95. The fraction of sp³-hybridized carbons (Fsp3) is 0.611. The molecule has 2 rings (SSSR count). The van der Waals surface area contributed by atoms with Crippen molar-refractivity contribution >= 4 is 6.03 Å². The molecule has 128 valence electrons. The van der Waals surface area contributed by atoms with E-state index in [0.717, 1.165) is 24.2 Å². The van der Waals surface area contributed by atoms with Gasteiger partial charge in [-0.15, -0.1) is 0 Å². The molecule has 5 nitrogen and oxygen atoms in total. The first kappa shape index (κ1) is 17.6. The second-order valence-corrected chi connectivity index (χ2v) is 6.24.